The minimum absolute atomic E-state index is 0.157. The van der Waals surface area contributed by atoms with Crippen LogP contribution in [0.3, 0.4) is 0 Å². The van der Waals surface area contributed by atoms with Crippen molar-refractivity contribution in [3.05, 3.63) is 65.7 Å². The van der Waals surface area contributed by atoms with E-state index < -0.39 is 0 Å². The molecule has 0 atom stereocenters. The van der Waals surface area contributed by atoms with Crippen LogP contribution in [-0.2, 0) is 17.9 Å². The van der Waals surface area contributed by atoms with Crippen LogP contribution in [-0.4, -0.2) is 19.0 Å². The number of benzene rings is 2. The first-order chi connectivity index (χ1) is 11.8. The van der Waals surface area contributed by atoms with Crippen molar-refractivity contribution >= 4 is 5.91 Å². The van der Waals surface area contributed by atoms with Gasteiger partial charge in [-0.05, 0) is 49.2 Å². The van der Waals surface area contributed by atoms with Crippen LogP contribution in [0.5, 0.6) is 5.75 Å². The Labute approximate surface area is 143 Å². The molecule has 0 spiro atoms. The molecule has 3 rings (SSSR count). The van der Waals surface area contributed by atoms with Gasteiger partial charge in [0.2, 0.25) is 5.91 Å². The smallest absolute Gasteiger partial charge is 0.223 e. The number of para-hydroxylation sites is 1. The second kappa shape index (κ2) is 8.50. The highest BCUT2D eigenvalue weighted by molar-refractivity contribution is 5.78. The Balaban J connectivity index is 1.45. The molecule has 0 aromatic heterocycles. The quantitative estimate of drug-likeness (QED) is 0.859. The molecule has 0 saturated carbocycles. The van der Waals surface area contributed by atoms with Crippen LogP contribution in [0.25, 0.3) is 0 Å². The molecule has 126 valence electrons. The van der Waals surface area contributed by atoms with E-state index >= 15 is 0 Å². The highest BCUT2D eigenvalue weighted by Crippen LogP contribution is 2.14. The van der Waals surface area contributed by atoms with Crippen LogP contribution in [0.2, 0.25) is 0 Å². The molecule has 1 fully saturated rings. The number of amides is 1. The minimum atomic E-state index is 0.157. The molecule has 0 bridgehead atoms. The zero-order valence-corrected chi connectivity index (χ0v) is 13.8. The Kier molecular flexibility index (Phi) is 5.85. The topological polar surface area (TPSA) is 50.4 Å². The Morgan fingerprint density at radius 2 is 1.67 bits per heavy atom. The minimum Gasteiger partial charge on any atom is -0.489 e. The molecule has 0 unspecified atom stereocenters. The molecule has 0 radical (unpaired) electrons. The van der Waals surface area contributed by atoms with Crippen molar-refractivity contribution in [2.24, 2.45) is 5.92 Å². The first-order valence-electron chi connectivity index (χ1n) is 8.55. The number of carbonyl (C=O) groups excluding carboxylic acids is 1. The predicted molar refractivity (Wildman–Crippen MR) is 94.7 cm³/mol. The summed E-state index contributed by atoms with van der Waals surface area (Å²) in [5.74, 6) is 1.20. The Hall–Kier alpha value is -2.33. The molecule has 1 aliphatic heterocycles. The van der Waals surface area contributed by atoms with Gasteiger partial charge in [-0.2, -0.15) is 0 Å². The molecule has 4 heteroatoms. The number of rotatable bonds is 6. The second-order valence-corrected chi connectivity index (χ2v) is 6.16. The maximum Gasteiger partial charge on any atom is 0.223 e. The van der Waals surface area contributed by atoms with Gasteiger partial charge in [0, 0.05) is 12.5 Å². The molecular formula is C20H24N2O2. The average molecular weight is 324 g/mol. The molecule has 1 saturated heterocycles. The van der Waals surface area contributed by atoms with Gasteiger partial charge in [0.25, 0.3) is 0 Å². The summed E-state index contributed by atoms with van der Waals surface area (Å²) in [5.41, 5.74) is 2.23. The summed E-state index contributed by atoms with van der Waals surface area (Å²) in [7, 11) is 0. The van der Waals surface area contributed by atoms with E-state index in [1.807, 2.05) is 42.5 Å². The van der Waals surface area contributed by atoms with E-state index in [4.69, 9.17) is 4.74 Å². The number of hydrogen-bond acceptors (Lipinski definition) is 3. The van der Waals surface area contributed by atoms with Gasteiger partial charge in [-0.3, -0.25) is 4.79 Å². The standard InChI is InChI=1S/C20H24N2O2/c23-20(18-10-12-21-13-11-18)22-14-16-6-8-17(9-7-16)15-24-19-4-2-1-3-5-19/h1-9,18,21H,10-15H2,(H,22,23). The third-order valence-corrected chi connectivity index (χ3v) is 4.35. The number of nitrogens with one attached hydrogen (secondary N) is 2. The van der Waals surface area contributed by atoms with E-state index in [0.29, 0.717) is 13.2 Å². The van der Waals surface area contributed by atoms with Gasteiger partial charge in [-0.25, -0.2) is 0 Å². The van der Waals surface area contributed by atoms with Crippen LogP contribution in [0.1, 0.15) is 24.0 Å². The fourth-order valence-electron chi connectivity index (χ4n) is 2.85. The lowest BCUT2D eigenvalue weighted by molar-refractivity contribution is -0.125. The third-order valence-electron chi connectivity index (χ3n) is 4.35. The van der Waals surface area contributed by atoms with E-state index in [1.54, 1.807) is 0 Å². The Bertz CT molecular complexity index is 634. The van der Waals surface area contributed by atoms with Gasteiger partial charge in [0.1, 0.15) is 12.4 Å². The van der Waals surface area contributed by atoms with E-state index in [2.05, 4.69) is 22.8 Å². The summed E-state index contributed by atoms with van der Waals surface area (Å²) >= 11 is 0. The van der Waals surface area contributed by atoms with Crippen LogP contribution in [0.4, 0.5) is 0 Å². The van der Waals surface area contributed by atoms with Gasteiger partial charge in [-0.15, -0.1) is 0 Å². The lowest BCUT2D eigenvalue weighted by Gasteiger charge is -2.21. The second-order valence-electron chi connectivity index (χ2n) is 6.16. The van der Waals surface area contributed by atoms with Crippen molar-refractivity contribution in [2.45, 2.75) is 26.0 Å². The summed E-state index contributed by atoms with van der Waals surface area (Å²) in [5, 5.41) is 6.33. The van der Waals surface area contributed by atoms with Gasteiger partial charge in [0.05, 0.1) is 0 Å². The zero-order chi connectivity index (χ0) is 16.6. The summed E-state index contributed by atoms with van der Waals surface area (Å²) in [6, 6.07) is 18.0. The van der Waals surface area contributed by atoms with Gasteiger partial charge < -0.3 is 15.4 Å². The largest absolute Gasteiger partial charge is 0.489 e. The fraction of sp³-hybridized carbons (Fsp3) is 0.350. The molecule has 2 aromatic carbocycles. The lowest BCUT2D eigenvalue weighted by atomic mass is 9.97. The molecule has 2 N–H and O–H groups in total. The molecular weight excluding hydrogens is 300 g/mol. The van der Waals surface area contributed by atoms with Crippen molar-refractivity contribution in [3.8, 4) is 5.75 Å². The third kappa shape index (κ3) is 4.83. The van der Waals surface area contributed by atoms with E-state index in [1.165, 1.54) is 0 Å². The predicted octanol–water partition coefficient (Wildman–Crippen LogP) is 2.88. The summed E-state index contributed by atoms with van der Waals surface area (Å²) in [6.45, 7) is 3.01. The first-order valence-corrected chi connectivity index (χ1v) is 8.55. The molecule has 24 heavy (non-hydrogen) atoms. The maximum atomic E-state index is 12.1. The van der Waals surface area contributed by atoms with Crippen molar-refractivity contribution in [3.63, 3.8) is 0 Å². The van der Waals surface area contributed by atoms with E-state index in [9.17, 15) is 4.79 Å². The van der Waals surface area contributed by atoms with Crippen molar-refractivity contribution in [1.29, 1.82) is 0 Å². The average Bonchev–Trinajstić information content (AvgIpc) is 2.67. The maximum absolute atomic E-state index is 12.1. The highest BCUT2D eigenvalue weighted by atomic mass is 16.5. The summed E-state index contributed by atoms with van der Waals surface area (Å²) in [4.78, 5) is 12.1. The lowest BCUT2D eigenvalue weighted by Crippen LogP contribution is -2.37. The van der Waals surface area contributed by atoms with Crippen LogP contribution in [0.15, 0.2) is 54.6 Å². The first kappa shape index (κ1) is 16.5. The molecule has 0 aliphatic carbocycles. The number of piperidine rings is 1. The van der Waals surface area contributed by atoms with Crippen LogP contribution < -0.4 is 15.4 Å². The summed E-state index contributed by atoms with van der Waals surface area (Å²) < 4.78 is 5.73. The summed E-state index contributed by atoms with van der Waals surface area (Å²) in [6.07, 6.45) is 1.86. The van der Waals surface area contributed by atoms with Crippen LogP contribution in [0, 0.1) is 5.92 Å². The molecule has 1 heterocycles. The highest BCUT2D eigenvalue weighted by Gasteiger charge is 2.20. The van der Waals surface area contributed by atoms with Gasteiger partial charge in [-0.1, -0.05) is 42.5 Å². The Morgan fingerprint density at radius 1 is 1.00 bits per heavy atom. The van der Waals surface area contributed by atoms with Crippen molar-refractivity contribution < 1.29 is 9.53 Å². The molecule has 1 amide bonds. The number of ether oxygens (including phenoxy) is 1. The SMILES string of the molecule is O=C(NCc1ccc(COc2ccccc2)cc1)C1CCNCC1. The molecule has 2 aromatic rings. The van der Waals surface area contributed by atoms with E-state index in [0.717, 1.165) is 42.8 Å². The monoisotopic (exact) mass is 324 g/mol. The molecule has 1 aliphatic rings. The zero-order valence-electron chi connectivity index (χ0n) is 13.8. The fourth-order valence-corrected chi connectivity index (χ4v) is 2.85. The van der Waals surface area contributed by atoms with Crippen molar-refractivity contribution in [2.75, 3.05) is 13.1 Å². The van der Waals surface area contributed by atoms with Gasteiger partial charge >= 0.3 is 0 Å². The number of hydrogen-bond donors (Lipinski definition) is 2. The van der Waals surface area contributed by atoms with Crippen LogP contribution >= 0.6 is 0 Å². The van der Waals surface area contributed by atoms with Gasteiger partial charge in [0.15, 0.2) is 0 Å². The number of carbonyl (C=O) groups is 1. The molecule has 4 nitrogen and oxygen atoms in total. The van der Waals surface area contributed by atoms with E-state index in [-0.39, 0.29) is 11.8 Å². The normalized spacial score (nSPS) is 15.0. The Morgan fingerprint density at radius 3 is 2.38 bits per heavy atom. The van der Waals surface area contributed by atoms with Crippen molar-refractivity contribution in [1.82, 2.24) is 10.6 Å².